The molecule has 14 heteroatoms. The topological polar surface area (TPSA) is 168 Å². The van der Waals surface area contributed by atoms with Gasteiger partial charge < -0.3 is 19.8 Å². The molecular weight excluding hydrogens is 514 g/mol. The van der Waals surface area contributed by atoms with E-state index in [4.69, 9.17) is 9.47 Å². The molecule has 0 saturated heterocycles. The number of methoxy groups -OCH3 is 1. The van der Waals surface area contributed by atoms with Gasteiger partial charge in [0.25, 0.3) is 5.91 Å². The molecule has 0 unspecified atom stereocenters. The van der Waals surface area contributed by atoms with Gasteiger partial charge in [-0.1, -0.05) is 0 Å². The number of carbonyl (C=O) groups is 2. The molecule has 13 nitrogen and oxygen atoms in total. The summed E-state index contributed by atoms with van der Waals surface area (Å²) in [6.45, 7) is 6.76. The minimum Gasteiger partial charge on any atom is -0.480 e. The van der Waals surface area contributed by atoms with E-state index in [0.717, 1.165) is 4.31 Å². The number of benzene rings is 1. The minimum absolute atomic E-state index is 0.0935. The third-order valence-corrected chi connectivity index (χ3v) is 7.67. The van der Waals surface area contributed by atoms with Crippen molar-refractivity contribution in [2.24, 2.45) is 4.99 Å². The average molecular weight is 544 g/mol. The molecule has 2 aromatic heterocycles. The molecule has 0 aliphatic carbocycles. The summed E-state index contributed by atoms with van der Waals surface area (Å²) in [6, 6.07) is 5.16. The van der Waals surface area contributed by atoms with Crippen LogP contribution in [0.1, 0.15) is 43.7 Å². The van der Waals surface area contributed by atoms with Crippen molar-refractivity contribution in [1.82, 2.24) is 24.6 Å². The second kappa shape index (κ2) is 9.59. The van der Waals surface area contributed by atoms with Crippen LogP contribution in [0.5, 0.6) is 5.88 Å². The van der Waals surface area contributed by atoms with Crippen LogP contribution in [-0.2, 0) is 20.3 Å². The predicted molar refractivity (Wildman–Crippen MR) is 141 cm³/mol. The zero-order valence-electron chi connectivity index (χ0n) is 21.8. The zero-order valence-corrected chi connectivity index (χ0v) is 22.6. The van der Waals surface area contributed by atoms with E-state index in [9.17, 15) is 18.0 Å². The summed E-state index contributed by atoms with van der Waals surface area (Å²) < 4.78 is 37.3. The van der Waals surface area contributed by atoms with Crippen molar-refractivity contribution in [3.8, 4) is 5.88 Å². The Bertz CT molecular complexity index is 1530. The first-order valence-corrected chi connectivity index (χ1v) is 13.2. The maximum atomic E-state index is 13.1. The fourth-order valence-electron chi connectivity index (χ4n) is 3.94. The second-order valence-corrected chi connectivity index (χ2v) is 11.9. The van der Waals surface area contributed by atoms with E-state index >= 15 is 0 Å². The number of guanidine groups is 1. The van der Waals surface area contributed by atoms with Crippen molar-refractivity contribution in [2.75, 3.05) is 25.2 Å². The molecule has 0 radical (unpaired) electrons. The fourth-order valence-corrected chi connectivity index (χ4v) is 5.41. The molecule has 1 aliphatic heterocycles. The molecule has 0 bridgehead atoms. The Morgan fingerprint density at radius 3 is 2.53 bits per heavy atom. The highest BCUT2D eigenvalue weighted by Crippen LogP contribution is 2.37. The van der Waals surface area contributed by atoms with Crippen LogP contribution in [-0.4, -0.2) is 71.1 Å². The predicted octanol–water partition coefficient (Wildman–Crippen LogP) is 2.59. The van der Waals surface area contributed by atoms with Gasteiger partial charge in [-0.2, -0.15) is 0 Å². The van der Waals surface area contributed by atoms with Gasteiger partial charge in [-0.3, -0.25) is 10.1 Å². The number of hydrogen-bond acceptors (Lipinski definition) is 9. The van der Waals surface area contributed by atoms with Gasteiger partial charge in [-0.25, -0.2) is 32.5 Å². The molecule has 1 aliphatic rings. The highest BCUT2D eigenvalue weighted by molar-refractivity contribution is 7.89. The Morgan fingerprint density at radius 2 is 1.89 bits per heavy atom. The molecule has 202 valence electrons. The summed E-state index contributed by atoms with van der Waals surface area (Å²) in [5.74, 6) is -0.709. The molecule has 0 saturated carbocycles. The number of ether oxygens (including phenoxy) is 2. The van der Waals surface area contributed by atoms with E-state index in [1.165, 1.54) is 26.6 Å². The van der Waals surface area contributed by atoms with Gasteiger partial charge >= 0.3 is 6.09 Å². The summed E-state index contributed by atoms with van der Waals surface area (Å²) in [4.78, 5) is 40.8. The molecule has 1 atom stereocenters. The van der Waals surface area contributed by atoms with E-state index in [2.05, 4.69) is 30.6 Å². The van der Waals surface area contributed by atoms with Gasteiger partial charge in [-0.05, 0) is 45.9 Å². The molecule has 0 spiro atoms. The number of carbonyl (C=O) groups excluding carboxylic acids is 2. The van der Waals surface area contributed by atoms with Gasteiger partial charge in [0.1, 0.15) is 16.8 Å². The van der Waals surface area contributed by atoms with Crippen LogP contribution in [0.2, 0.25) is 0 Å². The molecule has 3 aromatic rings. The lowest BCUT2D eigenvalue weighted by molar-refractivity contribution is 0.0559. The summed E-state index contributed by atoms with van der Waals surface area (Å²) in [5, 5.41) is 5.87. The van der Waals surface area contributed by atoms with Gasteiger partial charge in [-0.15, -0.1) is 0 Å². The Kier molecular flexibility index (Phi) is 6.78. The van der Waals surface area contributed by atoms with Gasteiger partial charge in [0.15, 0.2) is 0 Å². The maximum absolute atomic E-state index is 13.1. The van der Waals surface area contributed by atoms with E-state index in [0.29, 0.717) is 22.2 Å². The lowest BCUT2D eigenvalue weighted by Crippen LogP contribution is -2.54. The van der Waals surface area contributed by atoms with Crippen LogP contribution in [0.25, 0.3) is 10.9 Å². The number of sulfonamides is 1. The average Bonchev–Trinajstić information content (AvgIpc) is 3.25. The standard InChI is InChI=1S/C24H29N7O6S/c1-23(2,3)37-22(33)29-21-30-24(4,13-38(34,35)31(21)5)16-10-25-17-8-7-14(9-15(16)17)28-20(32)18-11-27-19(36-6)12-26-18/h7-12,25H,13H2,1-6H3,(H,28,32)(H,29,30,33)/t24-/m0/s1. The third kappa shape index (κ3) is 5.54. The maximum Gasteiger partial charge on any atom is 0.414 e. The number of fused-ring (bicyclic) bond motifs is 1. The van der Waals surface area contributed by atoms with Crippen LogP contribution in [0.3, 0.4) is 0 Å². The zero-order chi connectivity index (χ0) is 27.9. The molecule has 1 aromatic carbocycles. The van der Waals surface area contributed by atoms with Gasteiger partial charge in [0.2, 0.25) is 21.9 Å². The number of aliphatic imine (C=N–C) groups is 1. The molecule has 2 amide bonds. The van der Waals surface area contributed by atoms with Crippen LogP contribution in [0.15, 0.2) is 41.8 Å². The summed E-state index contributed by atoms with van der Waals surface area (Å²) in [7, 11) is -1.09. The smallest absolute Gasteiger partial charge is 0.414 e. The number of nitrogens with one attached hydrogen (secondary N) is 3. The number of H-pyrrole nitrogens is 1. The van der Waals surface area contributed by atoms with E-state index < -0.39 is 33.2 Å². The van der Waals surface area contributed by atoms with Crippen molar-refractivity contribution in [3.63, 3.8) is 0 Å². The molecular formula is C24H29N7O6S. The number of aromatic nitrogens is 3. The van der Waals surface area contributed by atoms with E-state index in [1.54, 1.807) is 52.1 Å². The lowest BCUT2D eigenvalue weighted by Gasteiger charge is -2.35. The first-order valence-electron chi connectivity index (χ1n) is 11.6. The van der Waals surface area contributed by atoms with Crippen molar-refractivity contribution in [2.45, 2.75) is 38.8 Å². The van der Waals surface area contributed by atoms with Gasteiger partial charge in [0, 0.05) is 35.4 Å². The number of anilines is 1. The molecule has 38 heavy (non-hydrogen) atoms. The van der Waals surface area contributed by atoms with Crippen LogP contribution >= 0.6 is 0 Å². The minimum atomic E-state index is -3.85. The number of hydrogen-bond donors (Lipinski definition) is 3. The van der Waals surface area contributed by atoms with E-state index in [-0.39, 0.29) is 23.3 Å². The molecule has 4 rings (SSSR count). The van der Waals surface area contributed by atoms with Crippen molar-refractivity contribution >= 4 is 44.6 Å². The van der Waals surface area contributed by atoms with E-state index in [1.807, 2.05) is 0 Å². The largest absolute Gasteiger partial charge is 0.480 e. The summed E-state index contributed by atoms with van der Waals surface area (Å²) >= 11 is 0. The van der Waals surface area contributed by atoms with Crippen LogP contribution < -0.4 is 15.4 Å². The molecule has 3 heterocycles. The third-order valence-electron chi connectivity index (χ3n) is 5.73. The molecule has 0 fully saturated rings. The second-order valence-electron chi connectivity index (χ2n) is 9.92. The highest BCUT2D eigenvalue weighted by atomic mass is 32.2. The Hall–Kier alpha value is -4.20. The quantitative estimate of drug-likeness (QED) is 0.451. The number of amides is 2. The first-order chi connectivity index (χ1) is 17.7. The fraction of sp³-hybridized carbons (Fsp3) is 0.375. The normalized spacial score (nSPS) is 19.0. The lowest BCUT2D eigenvalue weighted by atomic mass is 9.94. The van der Waals surface area contributed by atoms with Crippen molar-refractivity contribution in [1.29, 1.82) is 0 Å². The Balaban J connectivity index is 1.68. The van der Waals surface area contributed by atoms with Gasteiger partial charge in [0.05, 0.1) is 25.3 Å². The van der Waals surface area contributed by atoms with Crippen molar-refractivity contribution < 1.29 is 27.5 Å². The Morgan fingerprint density at radius 1 is 1.16 bits per heavy atom. The monoisotopic (exact) mass is 543 g/mol. The number of nitrogens with zero attached hydrogens (tertiary/aromatic N) is 4. The number of alkyl carbamates (subject to hydrolysis) is 1. The number of aromatic amines is 1. The first kappa shape index (κ1) is 26.9. The summed E-state index contributed by atoms with van der Waals surface area (Å²) in [6.07, 6.45) is 3.48. The SMILES string of the molecule is COc1cnc(C(=O)Nc2ccc3[nH]cc([C@]4(C)CS(=O)(=O)N(C)C(NC(=O)OC(C)(C)C)=N4)c3c2)cn1. The number of rotatable bonds is 4. The highest BCUT2D eigenvalue weighted by Gasteiger charge is 2.43. The van der Waals surface area contributed by atoms with Crippen LogP contribution in [0, 0.1) is 0 Å². The molecule has 3 N–H and O–H groups in total. The summed E-state index contributed by atoms with van der Waals surface area (Å²) in [5.41, 5.74) is -0.232. The van der Waals surface area contributed by atoms with Crippen molar-refractivity contribution in [3.05, 3.63) is 48.0 Å². The Labute approximate surface area is 219 Å². The van der Waals surface area contributed by atoms with Crippen LogP contribution in [0.4, 0.5) is 10.5 Å².